The van der Waals surface area contributed by atoms with Crippen LogP contribution >= 0.6 is 0 Å². The molecule has 3 aliphatic rings. The molecule has 2 fully saturated rings. The van der Waals surface area contributed by atoms with E-state index in [4.69, 9.17) is 4.74 Å². The highest BCUT2D eigenvalue weighted by Gasteiger charge is 2.45. The van der Waals surface area contributed by atoms with E-state index in [2.05, 4.69) is 20.1 Å². The number of halogens is 3. The maximum atomic E-state index is 13.0. The molecule has 0 spiro atoms. The number of alkyl halides is 3. The van der Waals surface area contributed by atoms with Crippen LogP contribution in [0.3, 0.4) is 0 Å². The minimum atomic E-state index is -4.75. The smallest absolute Gasteiger partial charge is 0.445 e. The highest BCUT2D eigenvalue weighted by molar-refractivity contribution is 5.80. The summed E-state index contributed by atoms with van der Waals surface area (Å²) in [4.78, 5) is 29.1. The number of nitrogens with zero attached hydrogens (tertiary/aromatic N) is 4. The number of hydrogen-bond acceptors (Lipinski definition) is 6. The summed E-state index contributed by atoms with van der Waals surface area (Å²) in [6.07, 6.45) is -3.05. The Bertz CT molecular complexity index is 1040. The number of rotatable bonds is 4. The molecule has 3 heterocycles. The van der Waals surface area contributed by atoms with Crippen molar-refractivity contribution in [3.63, 3.8) is 0 Å². The molecule has 0 saturated carbocycles. The Kier molecular flexibility index (Phi) is 5.82. The molecule has 9 nitrogen and oxygen atoms in total. The van der Waals surface area contributed by atoms with E-state index in [1.54, 1.807) is 4.90 Å². The Balaban J connectivity index is 1.08. The van der Waals surface area contributed by atoms with E-state index >= 15 is 0 Å². The van der Waals surface area contributed by atoms with Gasteiger partial charge in [-0.1, -0.05) is 17.3 Å². The number of carbonyl (C=O) groups is 2. The van der Waals surface area contributed by atoms with E-state index in [9.17, 15) is 22.8 Å². The normalized spacial score (nSPS) is 24.0. The van der Waals surface area contributed by atoms with E-state index in [1.165, 1.54) is 24.3 Å². The van der Waals surface area contributed by atoms with Crippen LogP contribution in [-0.2, 0) is 29.0 Å². The lowest BCUT2D eigenvalue weighted by Gasteiger charge is -2.27. The van der Waals surface area contributed by atoms with Gasteiger partial charge in [-0.2, -0.15) is 0 Å². The molecule has 1 aromatic carbocycles. The number of aromatic nitrogens is 3. The van der Waals surface area contributed by atoms with Gasteiger partial charge in [-0.3, -0.25) is 9.89 Å². The molecule has 1 N–H and O–H groups in total. The maximum absolute atomic E-state index is 13.0. The Morgan fingerprint density at radius 2 is 1.74 bits per heavy atom. The lowest BCUT2D eigenvalue weighted by molar-refractivity contribution is -0.274. The van der Waals surface area contributed by atoms with Crippen LogP contribution in [0.5, 0.6) is 5.75 Å². The van der Waals surface area contributed by atoms with Crippen LogP contribution in [0, 0.1) is 17.8 Å². The first kappa shape index (κ1) is 22.5. The standard InChI is InChI=1S/C22H24F3N5O4/c23-22(24,25)34-17-4-1-13(2-5-17)12-33-21(32)30-10-15-8-29(9-16(15)11-30)20(31)14-3-6-18-19(7-14)27-28-26-18/h1-2,4-5,14-16H,3,6-12H2,(H,26,27,28)/t14-,15+,16+/m1/s1. The first-order valence-corrected chi connectivity index (χ1v) is 11.2. The van der Waals surface area contributed by atoms with E-state index in [-0.39, 0.29) is 36.0 Å². The Labute approximate surface area is 193 Å². The second-order valence-corrected chi connectivity index (χ2v) is 9.09. The molecule has 5 rings (SSSR count). The van der Waals surface area contributed by atoms with E-state index in [1.807, 2.05) is 4.90 Å². The molecule has 2 saturated heterocycles. The van der Waals surface area contributed by atoms with Crippen LogP contribution in [0.15, 0.2) is 24.3 Å². The number of ether oxygens (including phenoxy) is 2. The van der Waals surface area contributed by atoms with Crippen molar-refractivity contribution in [2.45, 2.75) is 32.2 Å². The van der Waals surface area contributed by atoms with Crippen molar-refractivity contribution >= 4 is 12.0 Å². The third kappa shape index (κ3) is 4.80. The fourth-order valence-corrected chi connectivity index (χ4v) is 5.10. The van der Waals surface area contributed by atoms with Crippen molar-refractivity contribution in [1.82, 2.24) is 25.2 Å². The Morgan fingerprint density at radius 3 is 2.41 bits per heavy atom. The van der Waals surface area contributed by atoms with Crippen LogP contribution in [0.4, 0.5) is 18.0 Å². The highest BCUT2D eigenvalue weighted by atomic mass is 19.4. The average molecular weight is 479 g/mol. The van der Waals surface area contributed by atoms with Crippen LogP contribution < -0.4 is 4.74 Å². The first-order chi connectivity index (χ1) is 16.2. The van der Waals surface area contributed by atoms with E-state index in [0.717, 1.165) is 24.2 Å². The van der Waals surface area contributed by atoms with Gasteiger partial charge >= 0.3 is 12.5 Å². The molecule has 0 bridgehead atoms. The quantitative estimate of drug-likeness (QED) is 0.724. The summed E-state index contributed by atoms with van der Waals surface area (Å²) in [6, 6.07) is 5.20. The predicted octanol–water partition coefficient (Wildman–Crippen LogP) is 2.54. The zero-order valence-corrected chi connectivity index (χ0v) is 18.3. The molecule has 34 heavy (non-hydrogen) atoms. The summed E-state index contributed by atoms with van der Waals surface area (Å²) in [5.74, 6) is 0.160. The van der Waals surface area contributed by atoms with Gasteiger partial charge < -0.3 is 19.3 Å². The Hall–Kier alpha value is -3.31. The molecule has 1 aliphatic carbocycles. The second-order valence-electron chi connectivity index (χ2n) is 9.09. The topological polar surface area (TPSA) is 101 Å². The Morgan fingerprint density at radius 1 is 1.06 bits per heavy atom. The third-order valence-electron chi connectivity index (χ3n) is 6.81. The largest absolute Gasteiger partial charge is 0.573 e. The van der Waals surface area contributed by atoms with Gasteiger partial charge in [-0.25, -0.2) is 4.79 Å². The number of aryl methyl sites for hydroxylation is 1. The monoisotopic (exact) mass is 479 g/mol. The number of H-pyrrole nitrogens is 1. The number of hydrogen-bond donors (Lipinski definition) is 1. The number of fused-ring (bicyclic) bond motifs is 2. The number of carbonyl (C=O) groups excluding carboxylic acids is 2. The number of aromatic amines is 1. The summed E-state index contributed by atoms with van der Waals surface area (Å²) in [5.41, 5.74) is 2.45. The molecule has 2 amide bonds. The van der Waals surface area contributed by atoms with Crippen LogP contribution in [0.1, 0.15) is 23.4 Å². The molecular formula is C22H24F3N5O4. The lowest BCUT2D eigenvalue weighted by Crippen LogP contribution is -2.40. The van der Waals surface area contributed by atoms with Gasteiger partial charge in [0, 0.05) is 50.4 Å². The molecule has 12 heteroatoms. The molecule has 2 aromatic rings. The first-order valence-electron chi connectivity index (χ1n) is 11.2. The van der Waals surface area contributed by atoms with Crippen LogP contribution in [-0.4, -0.2) is 69.8 Å². The lowest BCUT2D eigenvalue weighted by atomic mass is 9.89. The highest BCUT2D eigenvalue weighted by Crippen LogP contribution is 2.34. The number of benzene rings is 1. The summed E-state index contributed by atoms with van der Waals surface area (Å²) >= 11 is 0. The van der Waals surface area contributed by atoms with Crippen LogP contribution in [0.2, 0.25) is 0 Å². The molecule has 0 radical (unpaired) electrons. The van der Waals surface area contributed by atoms with Gasteiger partial charge in [-0.15, -0.1) is 18.3 Å². The van der Waals surface area contributed by atoms with E-state index < -0.39 is 12.5 Å². The van der Waals surface area contributed by atoms with Gasteiger partial charge in [-0.05, 0) is 30.5 Å². The minimum absolute atomic E-state index is 0.0483. The van der Waals surface area contributed by atoms with Crippen molar-refractivity contribution in [2.75, 3.05) is 26.2 Å². The molecule has 1 aromatic heterocycles. The van der Waals surface area contributed by atoms with Gasteiger partial charge in [0.1, 0.15) is 12.4 Å². The van der Waals surface area contributed by atoms with Crippen LogP contribution in [0.25, 0.3) is 0 Å². The number of nitrogens with one attached hydrogen (secondary N) is 1. The fourth-order valence-electron chi connectivity index (χ4n) is 5.10. The molecule has 3 atom stereocenters. The molecular weight excluding hydrogens is 455 g/mol. The zero-order valence-electron chi connectivity index (χ0n) is 18.3. The summed E-state index contributed by atoms with van der Waals surface area (Å²) in [6.45, 7) is 2.23. The SMILES string of the molecule is O=C(OCc1ccc(OC(F)(F)F)cc1)N1C[C@@H]2CN(C(=O)[C@@H]3CCc4[nH]nnc4C3)C[C@H]2C1. The minimum Gasteiger partial charge on any atom is -0.445 e. The molecule has 2 aliphatic heterocycles. The second kappa shape index (κ2) is 8.80. The average Bonchev–Trinajstić information content (AvgIpc) is 3.51. The number of amides is 2. The van der Waals surface area contributed by atoms with Crippen molar-refractivity contribution < 1.29 is 32.2 Å². The van der Waals surface area contributed by atoms with Gasteiger partial charge in [0.05, 0.1) is 11.4 Å². The predicted molar refractivity (Wildman–Crippen MR) is 110 cm³/mol. The zero-order chi connectivity index (χ0) is 23.9. The van der Waals surface area contributed by atoms with Gasteiger partial charge in [0.25, 0.3) is 0 Å². The van der Waals surface area contributed by atoms with Gasteiger partial charge in [0.2, 0.25) is 5.91 Å². The third-order valence-corrected chi connectivity index (χ3v) is 6.81. The summed E-state index contributed by atoms with van der Waals surface area (Å²) in [5, 5.41) is 10.8. The molecule has 0 unspecified atom stereocenters. The molecule has 182 valence electrons. The fraction of sp³-hybridized carbons (Fsp3) is 0.545. The van der Waals surface area contributed by atoms with Crippen molar-refractivity contribution in [2.24, 2.45) is 17.8 Å². The van der Waals surface area contributed by atoms with Crippen molar-refractivity contribution in [3.8, 4) is 5.75 Å². The maximum Gasteiger partial charge on any atom is 0.573 e. The van der Waals surface area contributed by atoms with E-state index in [0.29, 0.717) is 38.2 Å². The number of likely N-dealkylation sites (tertiary alicyclic amines) is 2. The summed E-state index contributed by atoms with van der Waals surface area (Å²) in [7, 11) is 0. The summed E-state index contributed by atoms with van der Waals surface area (Å²) < 4.78 is 45.9. The van der Waals surface area contributed by atoms with Crippen molar-refractivity contribution in [3.05, 3.63) is 41.2 Å². The van der Waals surface area contributed by atoms with Crippen molar-refractivity contribution in [1.29, 1.82) is 0 Å². The van der Waals surface area contributed by atoms with Gasteiger partial charge in [0.15, 0.2) is 0 Å².